The minimum Gasteiger partial charge on any atom is -0.310 e. The van der Waals surface area contributed by atoms with E-state index in [9.17, 15) is 0 Å². The first kappa shape index (κ1) is 29.9. The van der Waals surface area contributed by atoms with E-state index >= 15 is 0 Å². The molecule has 8 aromatic carbocycles. The van der Waals surface area contributed by atoms with Crippen molar-refractivity contribution >= 4 is 59.3 Å². The van der Waals surface area contributed by atoms with Crippen molar-refractivity contribution < 1.29 is 0 Å². The summed E-state index contributed by atoms with van der Waals surface area (Å²) >= 11 is 1.90. The Morgan fingerprint density at radius 1 is 0.412 bits per heavy atom. The zero-order chi connectivity index (χ0) is 34.1. The van der Waals surface area contributed by atoms with Crippen molar-refractivity contribution in [3.05, 3.63) is 187 Å². The van der Waals surface area contributed by atoms with Crippen LogP contribution in [-0.4, -0.2) is 0 Å². The Labute approximate surface area is 302 Å². The highest BCUT2D eigenvalue weighted by atomic mass is 32.1. The summed E-state index contributed by atoms with van der Waals surface area (Å²) in [5, 5.41) is 5.23. The molecule has 0 fully saturated rings. The Morgan fingerprint density at radius 2 is 1.06 bits per heavy atom. The molecule has 0 saturated heterocycles. The van der Waals surface area contributed by atoms with Crippen molar-refractivity contribution in [2.45, 2.75) is 19.3 Å². The molecule has 0 radical (unpaired) electrons. The third-order valence-corrected chi connectivity index (χ3v) is 12.0. The molecule has 0 spiro atoms. The molecular formula is C49H35NS. The number of hydrogen-bond acceptors (Lipinski definition) is 2. The number of anilines is 3. The monoisotopic (exact) mass is 669 g/mol. The first-order chi connectivity index (χ1) is 25.0. The lowest BCUT2D eigenvalue weighted by Crippen LogP contribution is -2.15. The Bertz CT molecular complexity index is 2770. The zero-order valence-electron chi connectivity index (χ0n) is 28.6. The largest absolute Gasteiger partial charge is 0.310 e. The van der Waals surface area contributed by atoms with Crippen molar-refractivity contribution in [1.29, 1.82) is 0 Å². The van der Waals surface area contributed by atoms with Gasteiger partial charge in [-0.3, -0.25) is 0 Å². The lowest BCUT2D eigenvalue weighted by Gasteiger charge is -2.28. The summed E-state index contributed by atoms with van der Waals surface area (Å²) in [7, 11) is 0. The van der Waals surface area contributed by atoms with E-state index in [1.165, 1.54) is 75.5 Å². The molecule has 1 aromatic heterocycles. The first-order valence-corrected chi connectivity index (χ1v) is 18.5. The number of hydrogen-bond donors (Lipinski definition) is 0. The van der Waals surface area contributed by atoms with Crippen LogP contribution in [0.4, 0.5) is 17.1 Å². The van der Waals surface area contributed by atoms with Gasteiger partial charge in [0.15, 0.2) is 0 Å². The zero-order valence-corrected chi connectivity index (χ0v) is 29.4. The standard InChI is InChI=1S/C49H35NS/c1-49(2)45-21-9-8-18-41(45)43-31-39(26-27-46(43)49)50(38-17-10-16-34(28-38)32-12-4-3-5-13-32)37-24-22-33(23-25-37)40-19-11-20-42-44-29-35-14-6-7-15-36(35)30-47(44)51-48(40)42/h3-31H,1-2H3. The predicted molar refractivity (Wildman–Crippen MR) is 220 cm³/mol. The molecule has 0 N–H and O–H groups in total. The van der Waals surface area contributed by atoms with E-state index in [1.807, 2.05) is 11.3 Å². The Hall–Kier alpha value is -5.96. The van der Waals surface area contributed by atoms with Gasteiger partial charge in [-0.15, -0.1) is 11.3 Å². The van der Waals surface area contributed by atoms with Crippen LogP contribution in [0.1, 0.15) is 25.0 Å². The average Bonchev–Trinajstić information content (AvgIpc) is 3.66. The van der Waals surface area contributed by atoms with E-state index in [1.54, 1.807) is 0 Å². The van der Waals surface area contributed by atoms with Gasteiger partial charge in [-0.1, -0.05) is 141 Å². The fraction of sp³-hybridized carbons (Fsp3) is 0.0612. The maximum Gasteiger partial charge on any atom is 0.0468 e. The third kappa shape index (κ3) is 4.82. The summed E-state index contributed by atoms with van der Waals surface area (Å²) in [6, 6.07) is 64.8. The molecule has 1 aliphatic rings. The average molecular weight is 670 g/mol. The number of nitrogens with zero attached hydrogens (tertiary/aromatic N) is 1. The maximum atomic E-state index is 2.41. The smallest absolute Gasteiger partial charge is 0.0468 e. The van der Waals surface area contributed by atoms with E-state index in [0.717, 1.165) is 17.1 Å². The summed E-state index contributed by atoms with van der Waals surface area (Å²) in [5.74, 6) is 0. The van der Waals surface area contributed by atoms with Crippen LogP contribution in [0.3, 0.4) is 0 Å². The molecule has 1 nitrogen and oxygen atoms in total. The number of fused-ring (bicyclic) bond motifs is 7. The van der Waals surface area contributed by atoms with Gasteiger partial charge in [-0.2, -0.15) is 0 Å². The quantitative estimate of drug-likeness (QED) is 0.176. The molecular weight excluding hydrogens is 635 g/mol. The van der Waals surface area contributed by atoms with Gasteiger partial charge < -0.3 is 4.90 Å². The second-order valence-corrected chi connectivity index (χ2v) is 15.2. The summed E-state index contributed by atoms with van der Waals surface area (Å²) in [6.07, 6.45) is 0. The maximum absolute atomic E-state index is 2.41. The summed E-state index contributed by atoms with van der Waals surface area (Å²) in [4.78, 5) is 2.41. The van der Waals surface area contributed by atoms with Crippen molar-refractivity contribution in [1.82, 2.24) is 0 Å². The molecule has 0 aliphatic heterocycles. The topological polar surface area (TPSA) is 3.24 Å². The summed E-state index contributed by atoms with van der Waals surface area (Å²) in [5.41, 5.74) is 13.7. The van der Waals surface area contributed by atoms with Gasteiger partial charge >= 0.3 is 0 Å². The Balaban J connectivity index is 1.11. The van der Waals surface area contributed by atoms with E-state index in [4.69, 9.17) is 0 Å². The first-order valence-electron chi connectivity index (χ1n) is 17.7. The summed E-state index contributed by atoms with van der Waals surface area (Å²) < 4.78 is 2.67. The normalized spacial score (nSPS) is 13.1. The van der Waals surface area contributed by atoms with Crippen LogP contribution in [0, 0.1) is 0 Å². The van der Waals surface area contributed by atoms with E-state index in [2.05, 4.69) is 195 Å². The molecule has 1 heterocycles. The van der Waals surface area contributed by atoms with E-state index in [-0.39, 0.29) is 5.41 Å². The van der Waals surface area contributed by atoms with Gasteiger partial charge in [-0.25, -0.2) is 0 Å². The molecule has 0 saturated carbocycles. The van der Waals surface area contributed by atoms with Gasteiger partial charge in [0.1, 0.15) is 0 Å². The third-order valence-electron chi connectivity index (χ3n) is 10.8. The minimum absolute atomic E-state index is 0.0372. The molecule has 51 heavy (non-hydrogen) atoms. The van der Waals surface area contributed by atoms with Crippen LogP contribution < -0.4 is 4.90 Å². The van der Waals surface area contributed by atoms with E-state index in [0.29, 0.717) is 0 Å². The highest BCUT2D eigenvalue weighted by molar-refractivity contribution is 7.26. The van der Waals surface area contributed by atoms with Crippen LogP contribution in [0.5, 0.6) is 0 Å². The van der Waals surface area contributed by atoms with Crippen LogP contribution in [-0.2, 0) is 5.41 Å². The molecule has 242 valence electrons. The molecule has 9 aromatic rings. The number of benzene rings is 8. The molecule has 10 rings (SSSR count). The van der Waals surface area contributed by atoms with Crippen LogP contribution >= 0.6 is 11.3 Å². The molecule has 0 bridgehead atoms. The van der Waals surface area contributed by atoms with Crippen LogP contribution in [0.25, 0.3) is 64.3 Å². The van der Waals surface area contributed by atoms with Gasteiger partial charge in [-0.05, 0) is 104 Å². The van der Waals surface area contributed by atoms with Gasteiger partial charge in [0.2, 0.25) is 0 Å². The van der Waals surface area contributed by atoms with Gasteiger partial charge in [0.25, 0.3) is 0 Å². The van der Waals surface area contributed by atoms with Gasteiger partial charge in [0, 0.05) is 42.6 Å². The molecule has 0 amide bonds. The fourth-order valence-electron chi connectivity index (χ4n) is 8.25. The van der Waals surface area contributed by atoms with Crippen LogP contribution in [0.15, 0.2) is 176 Å². The van der Waals surface area contributed by atoms with Crippen molar-refractivity contribution in [3.8, 4) is 33.4 Å². The SMILES string of the molecule is CC1(C)c2ccccc2-c2cc(N(c3ccc(-c4cccc5c4sc4cc6ccccc6cc45)cc3)c3cccc(-c4ccccc4)c3)ccc21. The molecule has 1 aliphatic carbocycles. The fourth-order valence-corrected chi connectivity index (χ4v) is 9.52. The van der Waals surface area contributed by atoms with Crippen molar-refractivity contribution in [2.75, 3.05) is 4.90 Å². The number of thiophene rings is 1. The summed E-state index contributed by atoms with van der Waals surface area (Å²) in [6.45, 7) is 4.69. The highest BCUT2D eigenvalue weighted by Crippen LogP contribution is 2.51. The van der Waals surface area contributed by atoms with Crippen LogP contribution in [0.2, 0.25) is 0 Å². The Kier molecular flexibility index (Phi) is 6.78. The lowest BCUT2D eigenvalue weighted by atomic mass is 9.82. The van der Waals surface area contributed by atoms with E-state index < -0.39 is 0 Å². The molecule has 0 atom stereocenters. The second kappa shape index (κ2) is 11.6. The number of rotatable bonds is 5. The highest BCUT2D eigenvalue weighted by Gasteiger charge is 2.35. The lowest BCUT2D eigenvalue weighted by molar-refractivity contribution is 0.660. The molecule has 0 unspecified atom stereocenters. The molecule has 2 heteroatoms. The second-order valence-electron chi connectivity index (χ2n) is 14.2. The van der Waals surface area contributed by atoms with Gasteiger partial charge in [0.05, 0.1) is 0 Å². The Morgan fingerprint density at radius 3 is 1.90 bits per heavy atom. The van der Waals surface area contributed by atoms with Crippen molar-refractivity contribution in [2.24, 2.45) is 0 Å². The predicted octanol–water partition coefficient (Wildman–Crippen LogP) is 14.3. The minimum atomic E-state index is -0.0372. The van der Waals surface area contributed by atoms with Crippen molar-refractivity contribution in [3.63, 3.8) is 0 Å².